The molecule has 0 aromatic heterocycles. The van der Waals surface area contributed by atoms with Crippen molar-refractivity contribution >= 4 is 0 Å². The lowest BCUT2D eigenvalue weighted by Crippen LogP contribution is -2.61. The molecule has 5 atom stereocenters. The molecule has 1 saturated heterocycles. The van der Waals surface area contributed by atoms with Crippen LogP contribution in [-0.4, -0.2) is 63.7 Å². The molecule has 1 fully saturated rings. The van der Waals surface area contributed by atoms with E-state index in [0.717, 1.165) is 28.2 Å². The molecule has 0 bridgehead atoms. The molecular weight excluding hydrogens is 488 g/mol. The summed E-state index contributed by atoms with van der Waals surface area (Å²) in [6.45, 7) is 0.676. The fraction of sp³-hybridized carbons (Fsp3) is 0.400. The Bertz CT molecular complexity index is 1010. The lowest BCUT2D eigenvalue weighted by molar-refractivity contribution is -0.321. The molecule has 8 nitrogen and oxygen atoms in total. The molecule has 1 aliphatic rings. The van der Waals surface area contributed by atoms with Gasteiger partial charge in [0.2, 0.25) is 0 Å². The maximum atomic E-state index is 10.2. The average molecular weight is 525 g/mol. The van der Waals surface area contributed by atoms with Crippen LogP contribution in [0.4, 0.5) is 0 Å². The Labute approximate surface area is 224 Å². The average Bonchev–Trinajstić information content (AvgIpc) is 2.98. The van der Waals surface area contributed by atoms with E-state index in [1.807, 2.05) is 78.9 Å². The van der Waals surface area contributed by atoms with Crippen LogP contribution < -0.4 is 9.47 Å². The predicted octanol–water partition coefficient (Wildman–Crippen LogP) is 4.12. The van der Waals surface area contributed by atoms with Crippen molar-refractivity contribution in [2.75, 3.05) is 27.9 Å². The summed E-state index contributed by atoms with van der Waals surface area (Å²) in [4.78, 5) is 0. The number of aliphatic hydroxyl groups excluding tert-OH is 1. The Morgan fingerprint density at radius 3 is 1.55 bits per heavy atom. The maximum absolute atomic E-state index is 10.2. The highest BCUT2D eigenvalue weighted by Crippen LogP contribution is 2.31. The van der Waals surface area contributed by atoms with Crippen molar-refractivity contribution < 1.29 is 38.3 Å². The monoisotopic (exact) mass is 524 g/mol. The lowest BCUT2D eigenvalue weighted by Gasteiger charge is -2.45. The van der Waals surface area contributed by atoms with Gasteiger partial charge < -0.3 is 38.3 Å². The van der Waals surface area contributed by atoms with Gasteiger partial charge in [-0.05, 0) is 41.0 Å². The molecule has 1 heterocycles. The molecule has 3 aromatic rings. The summed E-state index contributed by atoms with van der Waals surface area (Å²) in [5.41, 5.74) is 2.92. The summed E-state index contributed by atoms with van der Waals surface area (Å²) < 4.78 is 41.4. The van der Waals surface area contributed by atoms with Gasteiger partial charge in [-0.3, -0.25) is 0 Å². The summed E-state index contributed by atoms with van der Waals surface area (Å²) in [6, 6.07) is 25.2. The van der Waals surface area contributed by atoms with Crippen molar-refractivity contribution in [1.29, 1.82) is 0 Å². The highest BCUT2D eigenvalue weighted by atomic mass is 16.7. The SMILES string of the molecule is COc1ccc(CO[C@H]2[C@@H](OC)O[C@H](CO)[C@@H](OCc3ccc(OC)cc3)[C@@H]2OCc2ccccc2)cc1. The summed E-state index contributed by atoms with van der Waals surface area (Å²) in [7, 11) is 4.81. The van der Waals surface area contributed by atoms with Crippen molar-refractivity contribution in [2.45, 2.75) is 50.5 Å². The molecule has 4 rings (SSSR count). The van der Waals surface area contributed by atoms with Gasteiger partial charge in [0.25, 0.3) is 0 Å². The first-order chi connectivity index (χ1) is 18.6. The first kappa shape index (κ1) is 28.0. The summed E-state index contributed by atoms with van der Waals surface area (Å²) in [6.07, 6.45) is -3.23. The van der Waals surface area contributed by atoms with E-state index >= 15 is 0 Å². The van der Waals surface area contributed by atoms with Gasteiger partial charge in [-0.15, -0.1) is 0 Å². The standard InChI is InChI=1S/C30H36O8/c1-32-24-13-9-22(10-14-24)19-35-27-26(17-31)38-30(34-3)29(28(27)36-18-21-7-5-4-6-8-21)37-20-23-11-15-25(33-2)16-12-23/h4-16,26-31H,17-20H2,1-3H3/t26-,27-,28+,29-,30+/m1/s1. The zero-order chi connectivity index (χ0) is 26.7. The van der Waals surface area contributed by atoms with E-state index in [-0.39, 0.29) is 6.61 Å². The summed E-state index contributed by atoms with van der Waals surface area (Å²) in [5, 5.41) is 10.2. The zero-order valence-corrected chi connectivity index (χ0v) is 22.0. The van der Waals surface area contributed by atoms with Crippen LogP contribution in [0.5, 0.6) is 11.5 Å². The highest BCUT2D eigenvalue weighted by Gasteiger charge is 2.48. The van der Waals surface area contributed by atoms with Crippen LogP contribution in [0.15, 0.2) is 78.9 Å². The molecule has 0 aliphatic carbocycles. The number of ether oxygens (including phenoxy) is 7. The molecule has 3 aromatic carbocycles. The Balaban J connectivity index is 1.55. The predicted molar refractivity (Wildman–Crippen MR) is 141 cm³/mol. The zero-order valence-electron chi connectivity index (χ0n) is 22.0. The van der Waals surface area contributed by atoms with Gasteiger partial charge >= 0.3 is 0 Å². The minimum absolute atomic E-state index is 0.260. The van der Waals surface area contributed by atoms with E-state index in [4.69, 9.17) is 33.2 Å². The molecule has 204 valence electrons. The number of methoxy groups -OCH3 is 3. The minimum Gasteiger partial charge on any atom is -0.497 e. The van der Waals surface area contributed by atoms with Gasteiger partial charge in [-0.25, -0.2) is 0 Å². The van der Waals surface area contributed by atoms with Crippen LogP contribution in [0.2, 0.25) is 0 Å². The maximum Gasteiger partial charge on any atom is 0.186 e. The van der Waals surface area contributed by atoms with Gasteiger partial charge in [-0.1, -0.05) is 54.6 Å². The van der Waals surface area contributed by atoms with Gasteiger partial charge in [0.15, 0.2) is 6.29 Å². The van der Waals surface area contributed by atoms with E-state index in [2.05, 4.69) is 0 Å². The van der Waals surface area contributed by atoms with Gasteiger partial charge in [-0.2, -0.15) is 0 Å². The van der Waals surface area contributed by atoms with Crippen LogP contribution in [-0.2, 0) is 43.5 Å². The number of aliphatic hydroxyl groups is 1. The van der Waals surface area contributed by atoms with Crippen molar-refractivity contribution in [1.82, 2.24) is 0 Å². The van der Waals surface area contributed by atoms with Crippen LogP contribution in [0.25, 0.3) is 0 Å². The Morgan fingerprint density at radius 1 is 0.605 bits per heavy atom. The first-order valence-corrected chi connectivity index (χ1v) is 12.6. The molecule has 1 aliphatic heterocycles. The quantitative estimate of drug-likeness (QED) is 0.358. The lowest BCUT2D eigenvalue weighted by atomic mass is 9.98. The molecule has 0 amide bonds. The fourth-order valence-electron chi connectivity index (χ4n) is 4.38. The molecule has 0 radical (unpaired) electrons. The van der Waals surface area contributed by atoms with E-state index in [1.165, 1.54) is 0 Å². The molecule has 0 unspecified atom stereocenters. The summed E-state index contributed by atoms with van der Waals surface area (Å²) in [5.74, 6) is 1.54. The first-order valence-electron chi connectivity index (χ1n) is 12.6. The van der Waals surface area contributed by atoms with Gasteiger partial charge in [0.1, 0.15) is 35.9 Å². The van der Waals surface area contributed by atoms with Crippen molar-refractivity contribution in [2.24, 2.45) is 0 Å². The van der Waals surface area contributed by atoms with Crippen LogP contribution in [0.1, 0.15) is 16.7 Å². The molecule has 0 saturated carbocycles. The third kappa shape index (κ3) is 7.32. The number of benzene rings is 3. The largest absolute Gasteiger partial charge is 0.497 e. The number of rotatable bonds is 13. The fourth-order valence-corrected chi connectivity index (χ4v) is 4.38. The summed E-state index contributed by atoms with van der Waals surface area (Å²) >= 11 is 0. The number of hydrogen-bond acceptors (Lipinski definition) is 8. The van der Waals surface area contributed by atoms with Crippen LogP contribution in [0, 0.1) is 0 Å². The van der Waals surface area contributed by atoms with E-state index in [9.17, 15) is 5.11 Å². The Hall–Kier alpha value is -2.98. The second-order valence-corrected chi connectivity index (χ2v) is 8.97. The normalized spacial score (nSPS) is 23.2. The minimum atomic E-state index is -0.757. The molecular formula is C30H36O8. The Morgan fingerprint density at radius 2 is 1.08 bits per heavy atom. The molecule has 1 N–H and O–H groups in total. The third-order valence-electron chi connectivity index (χ3n) is 6.49. The molecule has 0 spiro atoms. The van der Waals surface area contributed by atoms with Gasteiger partial charge in [0, 0.05) is 7.11 Å². The van der Waals surface area contributed by atoms with Crippen LogP contribution >= 0.6 is 0 Å². The van der Waals surface area contributed by atoms with Crippen molar-refractivity contribution in [3.8, 4) is 11.5 Å². The second kappa shape index (κ2) is 14.2. The van der Waals surface area contributed by atoms with Crippen LogP contribution in [0.3, 0.4) is 0 Å². The smallest absolute Gasteiger partial charge is 0.186 e. The van der Waals surface area contributed by atoms with E-state index in [0.29, 0.717) is 19.8 Å². The van der Waals surface area contributed by atoms with E-state index < -0.39 is 30.7 Å². The topological polar surface area (TPSA) is 84.8 Å². The number of hydrogen-bond donors (Lipinski definition) is 1. The van der Waals surface area contributed by atoms with Crippen molar-refractivity contribution in [3.05, 3.63) is 95.6 Å². The third-order valence-corrected chi connectivity index (χ3v) is 6.49. The molecule has 38 heavy (non-hydrogen) atoms. The second-order valence-electron chi connectivity index (χ2n) is 8.97. The Kier molecular flexibility index (Phi) is 10.5. The van der Waals surface area contributed by atoms with Crippen molar-refractivity contribution in [3.63, 3.8) is 0 Å². The van der Waals surface area contributed by atoms with E-state index in [1.54, 1.807) is 21.3 Å². The molecule has 8 heteroatoms. The highest BCUT2D eigenvalue weighted by molar-refractivity contribution is 5.27. The van der Waals surface area contributed by atoms with Gasteiger partial charge in [0.05, 0.1) is 40.6 Å².